The Labute approximate surface area is 48.3 Å². The molecule has 0 aromatic heterocycles. The Hall–Kier alpha value is -0.365. The smallest absolute Gasteiger partial charge is 0.273 e. The fraction of sp³-hybridized carbons (Fsp3) is 0. The van der Waals surface area contributed by atoms with Crippen LogP contribution in [-0.4, -0.2) is 7.41 Å². The number of hydrogen-bond donors (Lipinski definition) is 1. The average molecular weight is 112 g/mol. The van der Waals surface area contributed by atoms with E-state index in [1.807, 2.05) is 19.5 Å². The summed E-state index contributed by atoms with van der Waals surface area (Å²) in [5.41, 5.74) is 0. The molecule has 0 aromatic carbocycles. The van der Waals surface area contributed by atoms with Crippen LogP contribution in [0, 0.1) is 0 Å². The van der Waals surface area contributed by atoms with Gasteiger partial charge in [0, 0.05) is 6.20 Å². The standard InChI is InChI=1S/C4H4BClN/c6-4-1-2-5-7-3-4/h1-3,7H. The van der Waals surface area contributed by atoms with Crippen LogP contribution in [0.5, 0.6) is 0 Å². The Morgan fingerprint density at radius 3 is 2.86 bits per heavy atom. The van der Waals surface area contributed by atoms with Crippen LogP contribution in [-0.2, 0) is 0 Å². The van der Waals surface area contributed by atoms with E-state index in [0.717, 1.165) is 5.03 Å². The molecule has 0 amide bonds. The second-order valence-electron chi connectivity index (χ2n) is 1.22. The molecule has 0 bridgehead atoms. The summed E-state index contributed by atoms with van der Waals surface area (Å²) in [6.07, 6.45) is 3.54. The van der Waals surface area contributed by atoms with Crippen LogP contribution in [0.15, 0.2) is 23.3 Å². The molecule has 0 saturated carbocycles. The molecule has 0 aliphatic carbocycles. The maximum absolute atomic E-state index is 5.51. The van der Waals surface area contributed by atoms with Gasteiger partial charge in [0.15, 0.2) is 0 Å². The van der Waals surface area contributed by atoms with E-state index in [0.29, 0.717) is 0 Å². The Morgan fingerprint density at radius 2 is 2.57 bits per heavy atom. The molecule has 1 nitrogen and oxygen atoms in total. The van der Waals surface area contributed by atoms with Gasteiger partial charge in [0.1, 0.15) is 0 Å². The fourth-order valence-electron chi connectivity index (χ4n) is 0.371. The Kier molecular flexibility index (Phi) is 1.42. The molecule has 35 valence electrons. The van der Waals surface area contributed by atoms with Crippen molar-refractivity contribution in [2.24, 2.45) is 0 Å². The van der Waals surface area contributed by atoms with Crippen molar-refractivity contribution in [1.29, 1.82) is 0 Å². The van der Waals surface area contributed by atoms with Crippen molar-refractivity contribution in [1.82, 2.24) is 5.23 Å². The minimum atomic E-state index is 0.738. The van der Waals surface area contributed by atoms with E-state index in [1.54, 1.807) is 6.20 Å². The molecule has 3 heteroatoms. The predicted octanol–water partition coefficient (Wildman–Crippen LogP) is 0.803. The van der Waals surface area contributed by atoms with Crippen LogP contribution < -0.4 is 5.23 Å². The average Bonchev–Trinajstić information content (AvgIpc) is 1.69. The van der Waals surface area contributed by atoms with E-state index in [4.69, 9.17) is 11.6 Å². The molecule has 0 spiro atoms. The highest BCUT2D eigenvalue weighted by Gasteiger charge is 1.89. The van der Waals surface area contributed by atoms with Gasteiger partial charge in [-0.15, -0.1) is 0 Å². The van der Waals surface area contributed by atoms with Crippen molar-refractivity contribution >= 4 is 19.0 Å². The monoisotopic (exact) mass is 112 g/mol. The first kappa shape index (κ1) is 4.79. The van der Waals surface area contributed by atoms with Crippen LogP contribution in [0.2, 0.25) is 0 Å². The molecule has 1 heterocycles. The first-order valence-electron chi connectivity index (χ1n) is 2.01. The lowest BCUT2D eigenvalue weighted by atomic mass is 9.93. The van der Waals surface area contributed by atoms with E-state index in [1.165, 1.54) is 0 Å². The predicted molar refractivity (Wildman–Crippen MR) is 32.0 cm³/mol. The molecular weight excluding hydrogens is 108 g/mol. The third-order valence-corrected chi connectivity index (χ3v) is 0.904. The van der Waals surface area contributed by atoms with E-state index in [2.05, 4.69) is 5.23 Å². The summed E-state index contributed by atoms with van der Waals surface area (Å²) < 4.78 is 0. The minimum absolute atomic E-state index is 0.738. The van der Waals surface area contributed by atoms with E-state index in [9.17, 15) is 0 Å². The van der Waals surface area contributed by atoms with Gasteiger partial charge in [0.25, 0.3) is 7.41 Å². The van der Waals surface area contributed by atoms with Gasteiger partial charge in [-0.25, -0.2) is 0 Å². The van der Waals surface area contributed by atoms with Gasteiger partial charge in [-0.05, 0) is 0 Å². The molecule has 1 aliphatic rings. The zero-order chi connectivity index (χ0) is 5.11. The summed E-state index contributed by atoms with van der Waals surface area (Å²) in [6, 6.07) is 0. The number of halogens is 1. The van der Waals surface area contributed by atoms with E-state index < -0.39 is 0 Å². The minimum Gasteiger partial charge on any atom is -0.433 e. The summed E-state index contributed by atoms with van der Waals surface area (Å²) in [6.45, 7) is 0. The molecule has 0 aromatic rings. The van der Waals surface area contributed by atoms with Gasteiger partial charge < -0.3 is 5.23 Å². The normalized spacial score (nSPS) is 17.0. The zero-order valence-corrected chi connectivity index (χ0v) is 4.44. The molecule has 7 heavy (non-hydrogen) atoms. The van der Waals surface area contributed by atoms with Crippen molar-refractivity contribution in [3.05, 3.63) is 23.3 Å². The molecule has 1 N–H and O–H groups in total. The number of nitrogens with one attached hydrogen (secondary N) is 1. The summed E-state index contributed by atoms with van der Waals surface area (Å²) in [7, 11) is 1.81. The highest BCUT2D eigenvalue weighted by molar-refractivity contribution is 6.42. The van der Waals surface area contributed by atoms with Crippen molar-refractivity contribution in [3.63, 3.8) is 0 Å². The second kappa shape index (κ2) is 2.08. The Morgan fingerprint density at radius 1 is 1.71 bits per heavy atom. The molecule has 0 unspecified atom stereocenters. The van der Waals surface area contributed by atoms with Crippen molar-refractivity contribution in [2.75, 3.05) is 0 Å². The highest BCUT2D eigenvalue weighted by atomic mass is 35.5. The summed E-state index contributed by atoms with van der Waals surface area (Å²) in [4.78, 5) is 0. The van der Waals surface area contributed by atoms with E-state index >= 15 is 0 Å². The third-order valence-electron chi connectivity index (χ3n) is 0.669. The molecule has 1 aliphatic heterocycles. The van der Waals surface area contributed by atoms with Crippen molar-refractivity contribution < 1.29 is 0 Å². The van der Waals surface area contributed by atoms with Crippen LogP contribution >= 0.6 is 11.6 Å². The summed E-state index contributed by atoms with van der Waals surface area (Å²) in [5, 5.41) is 3.57. The van der Waals surface area contributed by atoms with Gasteiger partial charge in [0.05, 0.1) is 5.03 Å². The van der Waals surface area contributed by atoms with Crippen LogP contribution in [0.25, 0.3) is 0 Å². The maximum Gasteiger partial charge on any atom is 0.273 e. The van der Waals surface area contributed by atoms with Crippen molar-refractivity contribution in [2.45, 2.75) is 0 Å². The first-order chi connectivity index (χ1) is 3.39. The fourth-order valence-corrected chi connectivity index (χ4v) is 0.507. The lowest BCUT2D eigenvalue weighted by Gasteiger charge is -1.97. The summed E-state index contributed by atoms with van der Waals surface area (Å²) >= 11 is 5.51. The van der Waals surface area contributed by atoms with E-state index in [-0.39, 0.29) is 0 Å². The number of hydrogen-bond acceptors (Lipinski definition) is 1. The van der Waals surface area contributed by atoms with Gasteiger partial charge in [-0.3, -0.25) is 0 Å². The SMILES string of the molecule is ClC1=CN[B]C=C1. The van der Waals surface area contributed by atoms with Gasteiger partial charge in [0.2, 0.25) is 0 Å². The Balaban J connectivity index is 2.58. The Bertz CT molecular complexity index is 119. The quantitative estimate of drug-likeness (QED) is 0.457. The highest BCUT2D eigenvalue weighted by Crippen LogP contribution is 2.01. The van der Waals surface area contributed by atoms with Gasteiger partial charge in [-0.1, -0.05) is 23.7 Å². The molecular formula is C4H4BClN. The van der Waals surface area contributed by atoms with Crippen LogP contribution in [0.3, 0.4) is 0 Å². The second-order valence-corrected chi connectivity index (χ2v) is 1.66. The molecule has 0 atom stereocenters. The lowest BCUT2D eigenvalue weighted by Crippen LogP contribution is -2.11. The van der Waals surface area contributed by atoms with Crippen LogP contribution in [0.1, 0.15) is 0 Å². The van der Waals surface area contributed by atoms with Crippen LogP contribution in [0.4, 0.5) is 0 Å². The lowest BCUT2D eigenvalue weighted by molar-refractivity contribution is 1.34. The molecule has 0 fully saturated rings. The molecule has 1 radical (unpaired) electrons. The first-order valence-corrected chi connectivity index (χ1v) is 2.39. The largest absolute Gasteiger partial charge is 0.433 e. The third kappa shape index (κ3) is 1.28. The van der Waals surface area contributed by atoms with Gasteiger partial charge in [-0.2, -0.15) is 0 Å². The number of rotatable bonds is 0. The molecule has 1 rings (SSSR count). The maximum atomic E-state index is 5.51. The zero-order valence-electron chi connectivity index (χ0n) is 3.69. The molecule has 0 saturated heterocycles. The topological polar surface area (TPSA) is 12.0 Å². The van der Waals surface area contributed by atoms with Gasteiger partial charge >= 0.3 is 0 Å². The van der Waals surface area contributed by atoms with Crippen molar-refractivity contribution in [3.8, 4) is 0 Å². The number of allylic oxidation sites excluding steroid dienone is 2. The summed E-state index contributed by atoms with van der Waals surface area (Å²) in [5.74, 6) is 1.85.